The number of carboxylic acids is 1. The van der Waals surface area contributed by atoms with Gasteiger partial charge in [0.1, 0.15) is 5.82 Å². The van der Waals surface area contributed by atoms with Gasteiger partial charge in [0.15, 0.2) is 6.10 Å². The molecule has 1 aliphatic heterocycles. The monoisotopic (exact) mass is 465 g/mol. The minimum absolute atomic E-state index is 0.00583. The number of halogens is 1. The smallest absolute Gasteiger partial charge is 0.332 e. The number of aromatic amines is 1. The molecule has 2 atom stereocenters. The molecule has 0 bridgehead atoms. The van der Waals surface area contributed by atoms with Crippen LogP contribution >= 0.6 is 0 Å². The van der Waals surface area contributed by atoms with E-state index in [0.29, 0.717) is 26.1 Å². The number of aromatic nitrogens is 3. The van der Waals surface area contributed by atoms with E-state index < -0.39 is 17.5 Å². The van der Waals surface area contributed by atoms with Gasteiger partial charge in [-0.3, -0.25) is 5.10 Å². The Bertz CT molecular complexity index is 1350. The van der Waals surface area contributed by atoms with Gasteiger partial charge in [0.2, 0.25) is 0 Å². The number of hydrogen-bond donors (Lipinski definition) is 2. The molecule has 0 amide bonds. The number of hydrogen-bond acceptors (Lipinski definition) is 4. The molecule has 2 aromatic carbocycles. The van der Waals surface area contributed by atoms with Crippen LogP contribution in [0.1, 0.15) is 43.9 Å². The highest BCUT2D eigenvalue weighted by molar-refractivity contribution is 5.99. The van der Waals surface area contributed by atoms with Gasteiger partial charge in [-0.2, -0.15) is 5.10 Å². The zero-order valence-electron chi connectivity index (χ0n) is 19.5. The Hall–Kier alpha value is -3.23. The van der Waals surface area contributed by atoms with Crippen LogP contribution in [0.25, 0.3) is 27.5 Å². The number of nitrogens with zero attached hydrogens (tertiary/aromatic N) is 2. The third-order valence-electron chi connectivity index (χ3n) is 6.76. The predicted octanol–water partition coefficient (Wildman–Crippen LogP) is 4.92. The van der Waals surface area contributed by atoms with Crippen LogP contribution in [0.2, 0.25) is 0 Å². The van der Waals surface area contributed by atoms with Crippen LogP contribution in [0.15, 0.2) is 42.6 Å². The molecule has 0 spiro atoms. The van der Waals surface area contributed by atoms with Gasteiger partial charge in [-0.25, -0.2) is 9.18 Å². The number of H-pyrrole nitrogens is 1. The summed E-state index contributed by atoms with van der Waals surface area (Å²) in [6.45, 7) is 5.05. The van der Waals surface area contributed by atoms with Crippen LogP contribution in [-0.2, 0) is 19.7 Å². The maximum Gasteiger partial charge on any atom is 0.332 e. The number of aliphatic carboxylic acids is 1. The Kier molecular flexibility index (Phi) is 5.65. The van der Waals surface area contributed by atoms with Gasteiger partial charge < -0.3 is 19.1 Å². The van der Waals surface area contributed by atoms with Crippen molar-refractivity contribution in [2.75, 3.05) is 20.3 Å². The predicted molar refractivity (Wildman–Crippen MR) is 127 cm³/mol. The molecule has 2 N–H and O–H groups in total. The summed E-state index contributed by atoms with van der Waals surface area (Å²) < 4.78 is 27.4. The van der Waals surface area contributed by atoms with E-state index in [4.69, 9.17) is 9.47 Å². The summed E-state index contributed by atoms with van der Waals surface area (Å²) in [7, 11) is 1.68. The maximum absolute atomic E-state index is 13.8. The fourth-order valence-corrected chi connectivity index (χ4v) is 5.29. The van der Waals surface area contributed by atoms with Gasteiger partial charge in [0.05, 0.1) is 30.4 Å². The van der Waals surface area contributed by atoms with Gasteiger partial charge in [0.25, 0.3) is 0 Å². The molecule has 34 heavy (non-hydrogen) atoms. The minimum atomic E-state index is -0.925. The second-order valence-electron chi connectivity index (χ2n) is 9.65. The van der Waals surface area contributed by atoms with Crippen molar-refractivity contribution in [1.82, 2.24) is 14.8 Å². The molecular formula is C26H28FN3O4. The van der Waals surface area contributed by atoms with E-state index in [1.807, 2.05) is 0 Å². The Morgan fingerprint density at radius 3 is 2.71 bits per heavy atom. The van der Waals surface area contributed by atoms with Crippen molar-refractivity contribution in [1.29, 1.82) is 0 Å². The molecule has 1 fully saturated rings. The lowest BCUT2D eigenvalue weighted by molar-refractivity contribution is -0.153. The van der Waals surface area contributed by atoms with E-state index >= 15 is 0 Å². The minimum Gasteiger partial charge on any atom is -0.479 e. The van der Waals surface area contributed by atoms with Gasteiger partial charge in [0, 0.05) is 40.6 Å². The molecular weight excluding hydrogens is 437 g/mol. The highest BCUT2D eigenvalue weighted by Crippen LogP contribution is 2.44. The van der Waals surface area contributed by atoms with Crippen molar-refractivity contribution < 1.29 is 23.8 Å². The zero-order chi connectivity index (χ0) is 24.0. The van der Waals surface area contributed by atoms with Crippen molar-refractivity contribution >= 4 is 27.8 Å². The number of ether oxygens (including phenoxy) is 2. The second-order valence-corrected chi connectivity index (χ2v) is 9.65. The van der Waals surface area contributed by atoms with Crippen LogP contribution in [0.4, 0.5) is 4.39 Å². The summed E-state index contributed by atoms with van der Waals surface area (Å²) in [6.07, 6.45) is 2.14. The standard InChI is InChI=1S/C26H28FN3O4/c1-26(2,14-33-3)24-23(15-4-9-22(25(31)32)34-13-15)19-11-20-16(12-28-29-20)10-21(19)30(24)18-7-5-17(27)6-8-18/h5-8,10-12,15,22H,4,9,13-14H2,1-3H3,(H,28,29)(H,31,32). The van der Waals surface area contributed by atoms with Crippen molar-refractivity contribution in [3.05, 3.63) is 59.7 Å². The molecule has 1 saturated heterocycles. The SMILES string of the molecule is COCC(C)(C)c1c(C2CCC(C(=O)O)OC2)c2cc3[nH]ncc3cc2n1-c1ccc(F)cc1. The van der Waals surface area contributed by atoms with E-state index in [9.17, 15) is 14.3 Å². The molecule has 178 valence electrons. The van der Waals surface area contributed by atoms with Gasteiger partial charge in [-0.05, 0) is 54.8 Å². The lowest BCUT2D eigenvalue weighted by Gasteiger charge is -2.32. The number of carbonyl (C=O) groups is 1. The van der Waals surface area contributed by atoms with Crippen LogP contribution < -0.4 is 0 Å². The number of methoxy groups -OCH3 is 1. The zero-order valence-corrected chi connectivity index (χ0v) is 19.5. The molecule has 4 aromatic rings. The summed E-state index contributed by atoms with van der Waals surface area (Å²) in [4.78, 5) is 11.5. The van der Waals surface area contributed by atoms with Crippen molar-refractivity contribution in [3.63, 3.8) is 0 Å². The average Bonchev–Trinajstić information content (AvgIpc) is 3.40. The quantitative estimate of drug-likeness (QED) is 0.422. The van der Waals surface area contributed by atoms with Crippen LogP contribution in [0, 0.1) is 5.82 Å². The highest BCUT2D eigenvalue weighted by atomic mass is 19.1. The summed E-state index contributed by atoms with van der Waals surface area (Å²) in [5, 5.41) is 18.7. The topological polar surface area (TPSA) is 89.4 Å². The Balaban J connectivity index is 1.81. The van der Waals surface area contributed by atoms with E-state index in [2.05, 4.69) is 40.7 Å². The number of fused-ring (bicyclic) bond motifs is 2. The molecule has 0 radical (unpaired) electrons. The van der Waals surface area contributed by atoms with Crippen LogP contribution in [0.5, 0.6) is 0 Å². The van der Waals surface area contributed by atoms with Gasteiger partial charge >= 0.3 is 5.97 Å². The van der Waals surface area contributed by atoms with E-state index in [-0.39, 0.29) is 11.7 Å². The third-order valence-corrected chi connectivity index (χ3v) is 6.76. The molecule has 0 aliphatic carbocycles. The van der Waals surface area contributed by atoms with Crippen LogP contribution in [0.3, 0.4) is 0 Å². The summed E-state index contributed by atoms with van der Waals surface area (Å²) >= 11 is 0. The van der Waals surface area contributed by atoms with Gasteiger partial charge in [-0.1, -0.05) is 13.8 Å². The van der Waals surface area contributed by atoms with Crippen molar-refractivity contribution in [2.24, 2.45) is 0 Å². The van der Waals surface area contributed by atoms with Crippen LogP contribution in [-0.4, -0.2) is 52.3 Å². The Morgan fingerprint density at radius 1 is 1.29 bits per heavy atom. The van der Waals surface area contributed by atoms with Crippen molar-refractivity contribution in [2.45, 2.75) is 44.1 Å². The Morgan fingerprint density at radius 2 is 2.06 bits per heavy atom. The summed E-state index contributed by atoms with van der Waals surface area (Å²) in [6, 6.07) is 10.7. The summed E-state index contributed by atoms with van der Waals surface area (Å²) in [5.41, 5.74) is 4.52. The van der Waals surface area contributed by atoms with E-state index in [1.54, 1.807) is 25.4 Å². The first-order chi connectivity index (χ1) is 16.3. The number of benzene rings is 2. The lowest BCUT2D eigenvalue weighted by atomic mass is 9.80. The summed E-state index contributed by atoms with van der Waals surface area (Å²) in [5.74, 6) is -1.21. The average molecular weight is 466 g/mol. The van der Waals surface area contributed by atoms with E-state index in [1.165, 1.54) is 12.1 Å². The molecule has 3 heterocycles. The first kappa shape index (κ1) is 22.6. The highest BCUT2D eigenvalue weighted by Gasteiger charge is 2.37. The molecule has 2 aromatic heterocycles. The van der Waals surface area contributed by atoms with E-state index in [0.717, 1.165) is 38.8 Å². The first-order valence-corrected chi connectivity index (χ1v) is 11.4. The first-order valence-electron chi connectivity index (χ1n) is 11.4. The Labute approximate surface area is 196 Å². The number of carboxylic acid groups (broad SMARTS) is 1. The second kappa shape index (κ2) is 8.52. The molecule has 8 heteroatoms. The maximum atomic E-state index is 13.8. The fourth-order valence-electron chi connectivity index (χ4n) is 5.29. The third kappa shape index (κ3) is 3.76. The van der Waals surface area contributed by atoms with Crippen molar-refractivity contribution in [3.8, 4) is 5.69 Å². The fraction of sp³-hybridized carbons (Fsp3) is 0.385. The number of nitrogens with one attached hydrogen (secondary N) is 1. The molecule has 7 nitrogen and oxygen atoms in total. The van der Waals surface area contributed by atoms with Gasteiger partial charge in [-0.15, -0.1) is 0 Å². The normalized spacial score (nSPS) is 19.2. The molecule has 5 rings (SSSR count). The molecule has 2 unspecified atom stereocenters. The molecule has 0 saturated carbocycles. The number of rotatable bonds is 6. The largest absolute Gasteiger partial charge is 0.479 e. The lowest BCUT2D eigenvalue weighted by Crippen LogP contribution is -2.33. The molecule has 1 aliphatic rings.